The molecule has 0 radical (unpaired) electrons. The summed E-state index contributed by atoms with van der Waals surface area (Å²) in [6, 6.07) is 4.56. The molecule has 0 bridgehead atoms. The zero-order valence-corrected chi connectivity index (χ0v) is 8.39. The molecule has 2 aromatic rings. The molecular weight excluding hydrogens is 224 g/mol. The van der Waals surface area contributed by atoms with Gasteiger partial charge in [0.05, 0.1) is 4.34 Å². The van der Waals surface area contributed by atoms with Gasteiger partial charge in [0.2, 0.25) is 0 Å². The average Bonchev–Trinajstić information content (AvgIpc) is 2.46. The number of thiophene rings is 1. The van der Waals surface area contributed by atoms with Crippen LogP contribution >= 0.6 is 22.9 Å². The number of carbonyl (C=O) groups is 1. The minimum absolute atomic E-state index is 0.105. The van der Waals surface area contributed by atoms with Gasteiger partial charge in [0.1, 0.15) is 11.3 Å². The lowest BCUT2D eigenvalue weighted by Gasteiger charge is -1.99. The highest BCUT2D eigenvalue weighted by molar-refractivity contribution is 7.22. The highest BCUT2D eigenvalue weighted by Crippen LogP contribution is 2.36. The molecule has 1 aromatic carbocycles. The van der Waals surface area contributed by atoms with Gasteiger partial charge < -0.3 is 10.2 Å². The fourth-order valence-electron chi connectivity index (χ4n) is 1.24. The van der Waals surface area contributed by atoms with Crippen LogP contribution in [-0.4, -0.2) is 16.2 Å². The molecule has 0 atom stereocenters. The molecule has 0 fully saturated rings. The Morgan fingerprint density at radius 3 is 2.79 bits per heavy atom. The van der Waals surface area contributed by atoms with E-state index < -0.39 is 5.97 Å². The molecule has 0 unspecified atom stereocenters. The molecule has 72 valence electrons. The smallest absolute Gasteiger partial charge is 0.339 e. The zero-order valence-electron chi connectivity index (χ0n) is 6.82. The third-order valence-corrected chi connectivity index (χ3v) is 3.10. The van der Waals surface area contributed by atoms with E-state index >= 15 is 0 Å². The minimum atomic E-state index is -1.15. The maximum Gasteiger partial charge on any atom is 0.339 e. The van der Waals surface area contributed by atoms with Crippen molar-refractivity contribution in [3.63, 3.8) is 0 Å². The number of hydrogen-bond acceptors (Lipinski definition) is 3. The number of halogens is 1. The van der Waals surface area contributed by atoms with Crippen molar-refractivity contribution in [3.8, 4) is 5.75 Å². The van der Waals surface area contributed by atoms with E-state index in [4.69, 9.17) is 16.7 Å². The fraction of sp³-hybridized carbons (Fsp3) is 0. The normalized spacial score (nSPS) is 10.6. The first-order valence-electron chi connectivity index (χ1n) is 3.74. The summed E-state index contributed by atoms with van der Waals surface area (Å²) >= 11 is 7.05. The molecule has 0 spiro atoms. The van der Waals surface area contributed by atoms with Crippen LogP contribution in [-0.2, 0) is 0 Å². The number of fused-ring (bicyclic) bond motifs is 1. The maximum absolute atomic E-state index is 10.7. The summed E-state index contributed by atoms with van der Waals surface area (Å²) in [5.74, 6) is -1.37. The molecule has 0 saturated carbocycles. The number of rotatable bonds is 1. The number of phenols is 1. The topological polar surface area (TPSA) is 57.5 Å². The Hall–Kier alpha value is -1.26. The largest absolute Gasteiger partial charge is 0.506 e. The summed E-state index contributed by atoms with van der Waals surface area (Å²) in [4.78, 5) is 10.7. The van der Waals surface area contributed by atoms with Crippen LogP contribution < -0.4 is 0 Å². The summed E-state index contributed by atoms with van der Waals surface area (Å²) in [7, 11) is 0. The molecule has 2 rings (SSSR count). The van der Waals surface area contributed by atoms with E-state index in [0.29, 0.717) is 9.72 Å². The first-order valence-corrected chi connectivity index (χ1v) is 4.93. The van der Waals surface area contributed by atoms with E-state index in [1.807, 2.05) is 0 Å². The first-order chi connectivity index (χ1) is 6.59. The van der Waals surface area contributed by atoms with E-state index in [9.17, 15) is 9.90 Å². The van der Waals surface area contributed by atoms with Gasteiger partial charge in [-0.15, -0.1) is 11.3 Å². The SMILES string of the molecule is O=C(O)c1ccc2sc(Cl)cc2c1O. The molecule has 0 aliphatic rings. The van der Waals surface area contributed by atoms with Gasteiger partial charge in [0.25, 0.3) is 0 Å². The van der Waals surface area contributed by atoms with Crippen LogP contribution in [0.4, 0.5) is 0 Å². The Labute approximate surface area is 88.2 Å². The van der Waals surface area contributed by atoms with Crippen molar-refractivity contribution in [1.82, 2.24) is 0 Å². The van der Waals surface area contributed by atoms with Gasteiger partial charge in [0, 0.05) is 10.1 Å². The number of aromatic carboxylic acids is 1. The molecule has 1 heterocycles. The molecule has 1 aromatic heterocycles. The van der Waals surface area contributed by atoms with Gasteiger partial charge >= 0.3 is 5.97 Å². The van der Waals surface area contributed by atoms with Crippen LogP contribution in [0.2, 0.25) is 4.34 Å². The molecule has 5 heteroatoms. The molecule has 0 aliphatic carbocycles. The van der Waals surface area contributed by atoms with E-state index in [-0.39, 0.29) is 11.3 Å². The lowest BCUT2D eigenvalue weighted by molar-refractivity contribution is 0.0694. The molecule has 0 aliphatic heterocycles. The number of aromatic hydroxyl groups is 1. The predicted molar refractivity (Wildman–Crippen MR) is 55.5 cm³/mol. The van der Waals surface area contributed by atoms with Crippen molar-refractivity contribution in [2.24, 2.45) is 0 Å². The Morgan fingerprint density at radius 2 is 2.14 bits per heavy atom. The number of carboxylic acid groups (broad SMARTS) is 1. The summed E-state index contributed by atoms with van der Waals surface area (Å²) in [6.07, 6.45) is 0. The van der Waals surface area contributed by atoms with Crippen molar-refractivity contribution >= 4 is 39.0 Å². The summed E-state index contributed by atoms with van der Waals surface area (Å²) in [5.41, 5.74) is -0.105. The van der Waals surface area contributed by atoms with Gasteiger partial charge in [-0.25, -0.2) is 4.79 Å². The number of carboxylic acids is 1. The second-order valence-electron chi connectivity index (χ2n) is 2.73. The Balaban J connectivity index is 2.80. The van der Waals surface area contributed by atoms with E-state index in [2.05, 4.69) is 0 Å². The highest BCUT2D eigenvalue weighted by Gasteiger charge is 2.13. The third kappa shape index (κ3) is 1.32. The molecule has 14 heavy (non-hydrogen) atoms. The zero-order chi connectivity index (χ0) is 10.3. The van der Waals surface area contributed by atoms with Gasteiger partial charge in [-0.3, -0.25) is 0 Å². The molecule has 0 saturated heterocycles. The van der Waals surface area contributed by atoms with Crippen LogP contribution in [0.1, 0.15) is 10.4 Å². The van der Waals surface area contributed by atoms with Gasteiger partial charge in [-0.1, -0.05) is 11.6 Å². The van der Waals surface area contributed by atoms with Crippen LogP contribution in [0.15, 0.2) is 18.2 Å². The fourth-order valence-corrected chi connectivity index (χ4v) is 2.39. The van der Waals surface area contributed by atoms with Gasteiger partial charge in [0.15, 0.2) is 0 Å². The first kappa shape index (κ1) is 9.30. The number of benzene rings is 1. The minimum Gasteiger partial charge on any atom is -0.506 e. The third-order valence-electron chi connectivity index (χ3n) is 1.87. The standard InChI is InChI=1S/C9H5ClO3S/c10-7-3-5-6(14-7)2-1-4(8(5)11)9(12)13/h1-3,11H,(H,12,13). The lowest BCUT2D eigenvalue weighted by Crippen LogP contribution is -1.95. The molecular formula is C9H5ClO3S. The second-order valence-corrected chi connectivity index (χ2v) is 4.44. The molecule has 0 amide bonds. The lowest BCUT2D eigenvalue weighted by atomic mass is 10.1. The summed E-state index contributed by atoms with van der Waals surface area (Å²) < 4.78 is 1.30. The quantitative estimate of drug-likeness (QED) is 0.789. The van der Waals surface area contributed by atoms with Crippen molar-refractivity contribution < 1.29 is 15.0 Å². The Bertz CT molecular complexity index is 518. The summed E-state index contributed by atoms with van der Waals surface area (Å²) in [6.45, 7) is 0. The molecule has 3 nitrogen and oxygen atoms in total. The maximum atomic E-state index is 10.7. The van der Waals surface area contributed by atoms with Crippen molar-refractivity contribution in [3.05, 3.63) is 28.1 Å². The van der Waals surface area contributed by atoms with Crippen LogP contribution in [0.5, 0.6) is 5.75 Å². The van der Waals surface area contributed by atoms with Crippen molar-refractivity contribution in [2.75, 3.05) is 0 Å². The van der Waals surface area contributed by atoms with Crippen LogP contribution in [0, 0.1) is 0 Å². The highest BCUT2D eigenvalue weighted by atomic mass is 35.5. The average molecular weight is 229 g/mol. The number of hydrogen-bond donors (Lipinski definition) is 2. The summed E-state index contributed by atoms with van der Waals surface area (Å²) in [5, 5.41) is 18.8. The van der Waals surface area contributed by atoms with E-state index in [1.165, 1.54) is 17.4 Å². The van der Waals surface area contributed by atoms with E-state index in [0.717, 1.165) is 4.70 Å². The van der Waals surface area contributed by atoms with Gasteiger partial charge in [-0.05, 0) is 18.2 Å². The van der Waals surface area contributed by atoms with Crippen molar-refractivity contribution in [1.29, 1.82) is 0 Å². The monoisotopic (exact) mass is 228 g/mol. The second kappa shape index (κ2) is 3.15. The molecule has 2 N–H and O–H groups in total. The Morgan fingerprint density at radius 1 is 1.43 bits per heavy atom. The van der Waals surface area contributed by atoms with Crippen molar-refractivity contribution in [2.45, 2.75) is 0 Å². The predicted octanol–water partition coefficient (Wildman–Crippen LogP) is 2.96. The van der Waals surface area contributed by atoms with Crippen LogP contribution in [0.3, 0.4) is 0 Å². The Kier molecular flexibility index (Phi) is 2.09. The van der Waals surface area contributed by atoms with E-state index in [1.54, 1.807) is 12.1 Å². The van der Waals surface area contributed by atoms with Crippen LogP contribution in [0.25, 0.3) is 10.1 Å². The van der Waals surface area contributed by atoms with Gasteiger partial charge in [-0.2, -0.15) is 0 Å².